The van der Waals surface area contributed by atoms with Crippen molar-refractivity contribution in [1.82, 2.24) is 0 Å². The van der Waals surface area contributed by atoms with Crippen molar-refractivity contribution >= 4 is 39.6 Å². The smallest absolute Gasteiger partial charge is 0.348 e. The maximum atomic E-state index is 12.3. The molecule has 31 heavy (non-hydrogen) atoms. The van der Waals surface area contributed by atoms with Crippen molar-refractivity contribution in [2.75, 3.05) is 17.2 Å². The number of thiophene rings is 1. The van der Waals surface area contributed by atoms with E-state index in [9.17, 15) is 18.7 Å². The van der Waals surface area contributed by atoms with Crippen LogP contribution in [0.15, 0.2) is 36.4 Å². The fourth-order valence-corrected chi connectivity index (χ4v) is 6.03. The van der Waals surface area contributed by atoms with Gasteiger partial charge >= 0.3 is 5.97 Å². The van der Waals surface area contributed by atoms with Crippen LogP contribution in [0, 0.1) is 0 Å². The third-order valence-corrected chi connectivity index (χ3v) is 8.03. The van der Waals surface area contributed by atoms with Crippen molar-refractivity contribution in [3.63, 3.8) is 0 Å². The van der Waals surface area contributed by atoms with Crippen molar-refractivity contribution < 1.29 is 28.2 Å². The van der Waals surface area contributed by atoms with Crippen LogP contribution in [0.3, 0.4) is 0 Å². The SMILES string of the molecule is CCCCCC(=O)c1ccc(N2C(OCc3ccc(C(=O)OC)s3)CCS2(O)O)cc1. The van der Waals surface area contributed by atoms with Crippen LogP contribution in [0.2, 0.25) is 0 Å². The number of Topliss-reactive ketones (excluding diaryl/α,β-unsaturated/α-hetero) is 1. The number of unbranched alkanes of at least 4 members (excludes halogenated alkanes) is 2. The molecule has 1 atom stereocenters. The fourth-order valence-electron chi connectivity index (χ4n) is 3.47. The third-order valence-electron chi connectivity index (χ3n) is 5.13. The molecular weight excluding hydrogens is 438 g/mol. The predicted molar refractivity (Wildman–Crippen MR) is 124 cm³/mol. The van der Waals surface area contributed by atoms with E-state index < -0.39 is 23.0 Å². The number of benzene rings is 1. The van der Waals surface area contributed by atoms with Gasteiger partial charge < -0.3 is 9.47 Å². The van der Waals surface area contributed by atoms with Crippen LogP contribution >= 0.6 is 22.1 Å². The van der Waals surface area contributed by atoms with E-state index in [4.69, 9.17) is 9.47 Å². The molecule has 1 aliphatic heterocycles. The molecular formula is C22H29NO6S2. The van der Waals surface area contributed by atoms with Crippen LogP contribution in [-0.2, 0) is 16.1 Å². The van der Waals surface area contributed by atoms with Crippen molar-refractivity contribution in [1.29, 1.82) is 0 Å². The summed E-state index contributed by atoms with van der Waals surface area (Å²) in [6, 6.07) is 10.4. The fraction of sp³-hybridized carbons (Fsp3) is 0.455. The number of hydrogen-bond acceptors (Lipinski definition) is 8. The van der Waals surface area contributed by atoms with Gasteiger partial charge in [0, 0.05) is 23.3 Å². The predicted octanol–water partition coefficient (Wildman–Crippen LogP) is 5.72. The molecule has 0 radical (unpaired) electrons. The zero-order valence-corrected chi connectivity index (χ0v) is 19.4. The average molecular weight is 468 g/mol. The van der Waals surface area contributed by atoms with Crippen LogP contribution < -0.4 is 4.31 Å². The molecule has 1 saturated heterocycles. The van der Waals surface area contributed by atoms with E-state index in [-0.39, 0.29) is 18.1 Å². The highest BCUT2D eigenvalue weighted by atomic mass is 32.3. The lowest BCUT2D eigenvalue weighted by atomic mass is 10.0. The lowest BCUT2D eigenvalue weighted by Gasteiger charge is -2.40. The Labute approximate surface area is 188 Å². The molecule has 170 valence electrons. The highest BCUT2D eigenvalue weighted by Gasteiger charge is 2.38. The summed E-state index contributed by atoms with van der Waals surface area (Å²) in [5, 5.41) is 0. The first-order chi connectivity index (χ1) is 14.9. The molecule has 1 aromatic heterocycles. The lowest BCUT2D eigenvalue weighted by molar-refractivity contribution is 0.0530. The second-order valence-corrected chi connectivity index (χ2v) is 10.6. The van der Waals surface area contributed by atoms with Gasteiger partial charge in [0.05, 0.1) is 25.2 Å². The van der Waals surface area contributed by atoms with Gasteiger partial charge in [-0.1, -0.05) is 19.8 Å². The molecule has 7 nitrogen and oxygen atoms in total. The van der Waals surface area contributed by atoms with E-state index in [2.05, 4.69) is 6.92 Å². The Hall–Kier alpha value is -1.91. The van der Waals surface area contributed by atoms with Crippen molar-refractivity contribution in [3.05, 3.63) is 51.7 Å². The van der Waals surface area contributed by atoms with Gasteiger partial charge in [0.2, 0.25) is 0 Å². The summed E-state index contributed by atoms with van der Waals surface area (Å²) in [7, 11) is -1.67. The molecule has 1 fully saturated rings. The molecule has 0 aliphatic carbocycles. The molecule has 9 heteroatoms. The molecule has 0 spiro atoms. The standard InChI is InChI=1S/C22H29NO6S2/c1-3-4-5-6-19(24)16-7-9-17(10-8-16)23-21(13-14-31(23,26)27)29-15-18-11-12-20(30-18)22(25)28-2/h7-12,21,26-27H,3-6,13-15H2,1-2H3. The van der Waals surface area contributed by atoms with Gasteiger partial charge in [-0.15, -0.1) is 22.1 Å². The third kappa shape index (κ3) is 5.87. The first kappa shape index (κ1) is 23.7. The number of esters is 1. The molecule has 0 amide bonds. The minimum absolute atomic E-state index is 0.0972. The van der Waals surface area contributed by atoms with Crippen molar-refractivity contribution in [2.45, 2.75) is 51.9 Å². The number of ketones is 1. The van der Waals surface area contributed by atoms with Gasteiger partial charge in [-0.25, -0.2) is 9.10 Å². The highest BCUT2D eigenvalue weighted by Crippen LogP contribution is 2.54. The van der Waals surface area contributed by atoms with Crippen LogP contribution in [0.1, 0.15) is 63.9 Å². The lowest BCUT2D eigenvalue weighted by Crippen LogP contribution is -2.32. The van der Waals surface area contributed by atoms with Crippen LogP contribution in [-0.4, -0.2) is 39.9 Å². The molecule has 2 N–H and O–H groups in total. The molecule has 2 heterocycles. The quantitative estimate of drug-likeness (QED) is 0.262. The van der Waals surface area contributed by atoms with E-state index in [1.807, 2.05) is 0 Å². The Morgan fingerprint density at radius 1 is 1.16 bits per heavy atom. The zero-order chi connectivity index (χ0) is 22.4. The first-order valence-corrected chi connectivity index (χ1v) is 12.8. The van der Waals surface area contributed by atoms with Crippen molar-refractivity contribution in [2.24, 2.45) is 0 Å². The molecule has 1 unspecified atom stereocenters. The summed E-state index contributed by atoms with van der Waals surface area (Å²) < 4.78 is 33.3. The Kier molecular flexibility index (Phi) is 8.12. The van der Waals surface area contributed by atoms with Gasteiger partial charge in [0.25, 0.3) is 0 Å². The van der Waals surface area contributed by atoms with Gasteiger partial charge in [0.1, 0.15) is 4.88 Å². The summed E-state index contributed by atoms with van der Waals surface area (Å²) in [5.41, 5.74) is 1.23. The number of nitrogens with zero attached hydrogens (tertiary/aromatic N) is 1. The average Bonchev–Trinajstić information content (AvgIpc) is 3.35. The molecule has 3 rings (SSSR count). The number of anilines is 1. The molecule has 1 aliphatic rings. The van der Waals surface area contributed by atoms with E-state index in [0.29, 0.717) is 29.0 Å². The summed E-state index contributed by atoms with van der Waals surface area (Å²) in [6.45, 7) is 2.34. The number of methoxy groups -OCH3 is 1. The summed E-state index contributed by atoms with van der Waals surface area (Å²) in [6.07, 6.45) is 3.44. The second kappa shape index (κ2) is 10.6. The van der Waals surface area contributed by atoms with Crippen molar-refractivity contribution in [3.8, 4) is 0 Å². The largest absolute Gasteiger partial charge is 0.465 e. The Morgan fingerprint density at radius 3 is 2.58 bits per heavy atom. The zero-order valence-electron chi connectivity index (χ0n) is 17.8. The number of carbonyl (C=O) groups excluding carboxylic acids is 2. The Bertz CT molecular complexity index is 896. The van der Waals surface area contributed by atoms with Crippen LogP contribution in [0.25, 0.3) is 0 Å². The maximum Gasteiger partial charge on any atom is 0.348 e. The van der Waals surface area contributed by atoms with Crippen LogP contribution in [0.4, 0.5) is 5.69 Å². The van der Waals surface area contributed by atoms with Gasteiger partial charge in [-0.05, 0) is 42.8 Å². The second-order valence-electron chi connectivity index (χ2n) is 7.40. The summed E-state index contributed by atoms with van der Waals surface area (Å²) in [4.78, 5) is 25.3. The molecule has 1 aromatic carbocycles. The number of carbonyl (C=O) groups is 2. The summed E-state index contributed by atoms with van der Waals surface area (Å²) >= 11 is 1.29. The van der Waals surface area contributed by atoms with Gasteiger partial charge in [0.15, 0.2) is 12.0 Å². The Balaban J connectivity index is 1.67. The van der Waals surface area contributed by atoms with Gasteiger partial charge in [-0.2, -0.15) is 0 Å². The van der Waals surface area contributed by atoms with Crippen LogP contribution in [0.5, 0.6) is 0 Å². The molecule has 0 bridgehead atoms. The van der Waals surface area contributed by atoms with E-state index in [1.54, 1.807) is 36.4 Å². The summed E-state index contributed by atoms with van der Waals surface area (Å²) in [5.74, 6) is -0.0788. The topological polar surface area (TPSA) is 96.3 Å². The van der Waals surface area contributed by atoms with E-state index >= 15 is 0 Å². The minimum Gasteiger partial charge on any atom is -0.465 e. The monoisotopic (exact) mass is 467 g/mol. The maximum absolute atomic E-state index is 12.3. The minimum atomic E-state index is -3.00. The first-order valence-electron chi connectivity index (χ1n) is 10.3. The number of hydrogen-bond donors (Lipinski definition) is 2. The van der Waals surface area contributed by atoms with E-state index in [1.165, 1.54) is 22.8 Å². The molecule has 2 aromatic rings. The normalized spacial score (nSPS) is 18.7. The molecule has 0 saturated carbocycles. The number of rotatable bonds is 10. The van der Waals surface area contributed by atoms with Gasteiger partial charge in [-0.3, -0.25) is 13.9 Å². The van der Waals surface area contributed by atoms with E-state index in [0.717, 1.165) is 24.1 Å². The Morgan fingerprint density at radius 2 is 1.90 bits per heavy atom. The number of ether oxygens (including phenoxy) is 2. The highest BCUT2D eigenvalue weighted by molar-refractivity contribution is 8.25.